The monoisotopic (exact) mass is 302 g/mol. The number of nitrogens with zero attached hydrogens (tertiary/aromatic N) is 1. The summed E-state index contributed by atoms with van der Waals surface area (Å²) in [7, 11) is -3.48. The molecule has 1 aromatic rings. The molecule has 1 aliphatic heterocycles. The summed E-state index contributed by atoms with van der Waals surface area (Å²) < 4.78 is 26.8. The quantitative estimate of drug-likeness (QED) is 0.930. The molecule has 0 saturated carbocycles. The van der Waals surface area contributed by atoms with Gasteiger partial charge in [0, 0.05) is 24.2 Å². The number of sulfonamides is 1. The lowest BCUT2D eigenvalue weighted by Gasteiger charge is -2.38. The van der Waals surface area contributed by atoms with Crippen molar-refractivity contribution in [3.63, 3.8) is 0 Å². The van der Waals surface area contributed by atoms with Crippen molar-refractivity contribution in [3.05, 3.63) is 29.3 Å². The van der Waals surface area contributed by atoms with E-state index in [0.29, 0.717) is 24.0 Å². The van der Waals surface area contributed by atoms with Gasteiger partial charge in [0.15, 0.2) is 0 Å². The van der Waals surface area contributed by atoms with Crippen molar-refractivity contribution in [2.75, 3.05) is 13.1 Å². The minimum atomic E-state index is -3.48. The van der Waals surface area contributed by atoms with Crippen molar-refractivity contribution in [2.45, 2.75) is 30.7 Å². The SMILES string of the molecule is CC1CCCN(S(=O)(=O)c2ccc(Cl)cc2)C1CN. The average molecular weight is 303 g/mol. The molecule has 106 valence electrons. The van der Waals surface area contributed by atoms with E-state index < -0.39 is 10.0 Å². The smallest absolute Gasteiger partial charge is 0.243 e. The van der Waals surface area contributed by atoms with Crippen LogP contribution in [0.3, 0.4) is 0 Å². The van der Waals surface area contributed by atoms with Gasteiger partial charge in [0.2, 0.25) is 10.0 Å². The van der Waals surface area contributed by atoms with Crippen molar-refractivity contribution in [2.24, 2.45) is 11.7 Å². The number of hydrogen-bond donors (Lipinski definition) is 1. The van der Waals surface area contributed by atoms with Crippen LogP contribution >= 0.6 is 11.6 Å². The van der Waals surface area contributed by atoms with Gasteiger partial charge in [0.25, 0.3) is 0 Å². The van der Waals surface area contributed by atoms with E-state index in [1.807, 2.05) is 0 Å². The first kappa shape index (κ1) is 14.8. The Morgan fingerprint density at radius 3 is 2.58 bits per heavy atom. The second-order valence-corrected chi connectivity index (χ2v) is 7.32. The van der Waals surface area contributed by atoms with Crippen LogP contribution in [0, 0.1) is 5.92 Å². The van der Waals surface area contributed by atoms with Crippen LogP contribution in [0.1, 0.15) is 19.8 Å². The summed E-state index contributed by atoms with van der Waals surface area (Å²) in [5, 5.41) is 0.529. The van der Waals surface area contributed by atoms with Gasteiger partial charge in [-0.25, -0.2) is 8.42 Å². The Bertz CT molecular complexity index is 530. The minimum Gasteiger partial charge on any atom is -0.329 e. The first-order chi connectivity index (χ1) is 8.96. The van der Waals surface area contributed by atoms with E-state index in [1.54, 1.807) is 28.6 Å². The lowest BCUT2D eigenvalue weighted by molar-refractivity contribution is 0.192. The molecule has 0 spiro atoms. The fourth-order valence-electron chi connectivity index (χ4n) is 2.60. The molecule has 0 bridgehead atoms. The largest absolute Gasteiger partial charge is 0.329 e. The van der Waals surface area contributed by atoms with Crippen molar-refractivity contribution < 1.29 is 8.42 Å². The summed E-state index contributed by atoms with van der Waals surface area (Å²) in [4.78, 5) is 0.282. The number of rotatable bonds is 3. The molecule has 19 heavy (non-hydrogen) atoms. The van der Waals surface area contributed by atoms with Gasteiger partial charge in [0.1, 0.15) is 0 Å². The molecule has 0 aromatic heterocycles. The summed E-state index contributed by atoms with van der Waals surface area (Å²) in [6.07, 6.45) is 1.90. The van der Waals surface area contributed by atoms with Crippen LogP contribution in [0.4, 0.5) is 0 Å². The van der Waals surface area contributed by atoms with E-state index in [1.165, 1.54) is 0 Å². The highest BCUT2D eigenvalue weighted by Gasteiger charge is 2.36. The third-order valence-electron chi connectivity index (χ3n) is 3.73. The molecule has 2 N–H and O–H groups in total. The van der Waals surface area contributed by atoms with Crippen LogP contribution in [0.25, 0.3) is 0 Å². The Morgan fingerprint density at radius 2 is 2.00 bits per heavy atom. The van der Waals surface area contributed by atoms with Crippen LogP contribution in [0.5, 0.6) is 0 Å². The minimum absolute atomic E-state index is 0.116. The van der Waals surface area contributed by atoms with Crippen molar-refractivity contribution >= 4 is 21.6 Å². The molecule has 1 aliphatic rings. The maximum absolute atomic E-state index is 12.6. The molecule has 2 unspecified atom stereocenters. The molecule has 2 atom stereocenters. The molecule has 0 aliphatic carbocycles. The van der Waals surface area contributed by atoms with E-state index in [2.05, 4.69) is 6.92 Å². The molecule has 1 aromatic carbocycles. The summed E-state index contributed by atoms with van der Waals surface area (Å²) >= 11 is 5.80. The summed E-state index contributed by atoms with van der Waals surface area (Å²) in [6, 6.07) is 6.17. The molecule has 0 radical (unpaired) electrons. The molecular formula is C13H19ClN2O2S. The Kier molecular flexibility index (Phi) is 4.50. The number of benzene rings is 1. The number of hydrogen-bond acceptors (Lipinski definition) is 3. The fraction of sp³-hybridized carbons (Fsp3) is 0.538. The molecule has 1 heterocycles. The molecule has 1 saturated heterocycles. The van der Waals surface area contributed by atoms with Crippen LogP contribution in [-0.2, 0) is 10.0 Å². The second kappa shape index (κ2) is 5.79. The standard InChI is InChI=1S/C13H19ClN2O2S/c1-10-3-2-8-16(13(10)9-15)19(17,18)12-6-4-11(14)5-7-12/h4-7,10,13H,2-3,8-9,15H2,1H3. The predicted octanol–water partition coefficient (Wildman–Crippen LogP) is 2.09. The van der Waals surface area contributed by atoms with E-state index in [9.17, 15) is 8.42 Å². The van der Waals surface area contributed by atoms with E-state index in [-0.39, 0.29) is 10.9 Å². The van der Waals surface area contributed by atoms with Gasteiger partial charge in [-0.2, -0.15) is 4.31 Å². The van der Waals surface area contributed by atoms with Gasteiger partial charge in [0.05, 0.1) is 4.90 Å². The Labute approximate surface area is 119 Å². The van der Waals surface area contributed by atoms with Crippen molar-refractivity contribution in [3.8, 4) is 0 Å². The molecule has 2 rings (SSSR count). The van der Waals surface area contributed by atoms with Crippen LogP contribution in [-0.4, -0.2) is 31.9 Å². The van der Waals surface area contributed by atoms with Crippen molar-refractivity contribution in [1.82, 2.24) is 4.31 Å². The van der Waals surface area contributed by atoms with E-state index in [4.69, 9.17) is 17.3 Å². The predicted molar refractivity (Wildman–Crippen MR) is 76.6 cm³/mol. The summed E-state index contributed by atoms with van der Waals surface area (Å²) in [5.74, 6) is 0.292. The highest BCUT2D eigenvalue weighted by Crippen LogP contribution is 2.28. The van der Waals surface area contributed by atoms with E-state index in [0.717, 1.165) is 12.8 Å². The van der Waals surface area contributed by atoms with Crippen LogP contribution in [0.2, 0.25) is 5.02 Å². The first-order valence-electron chi connectivity index (χ1n) is 6.44. The molecular weight excluding hydrogens is 284 g/mol. The van der Waals surface area contributed by atoms with Gasteiger partial charge in [-0.1, -0.05) is 18.5 Å². The van der Waals surface area contributed by atoms with Crippen LogP contribution in [0.15, 0.2) is 29.2 Å². The lowest BCUT2D eigenvalue weighted by atomic mass is 9.93. The zero-order chi connectivity index (χ0) is 14.0. The Morgan fingerprint density at radius 1 is 1.37 bits per heavy atom. The second-order valence-electron chi connectivity index (χ2n) is 4.99. The topological polar surface area (TPSA) is 63.4 Å². The highest BCUT2D eigenvalue weighted by atomic mass is 35.5. The molecule has 4 nitrogen and oxygen atoms in total. The van der Waals surface area contributed by atoms with Gasteiger partial charge < -0.3 is 5.73 Å². The summed E-state index contributed by atoms with van der Waals surface area (Å²) in [6.45, 7) is 2.95. The first-order valence-corrected chi connectivity index (χ1v) is 8.26. The Balaban J connectivity index is 2.35. The number of piperidine rings is 1. The van der Waals surface area contributed by atoms with Gasteiger partial charge in [-0.15, -0.1) is 0 Å². The fourth-order valence-corrected chi connectivity index (χ4v) is 4.50. The molecule has 6 heteroatoms. The van der Waals surface area contributed by atoms with Gasteiger partial charge in [-0.3, -0.25) is 0 Å². The third-order valence-corrected chi connectivity index (χ3v) is 5.92. The normalized spacial score (nSPS) is 25.4. The summed E-state index contributed by atoms with van der Waals surface area (Å²) in [5.41, 5.74) is 5.76. The third kappa shape index (κ3) is 2.94. The maximum Gasteiger partial charge on any atom is 0.243 e. The zero-order valence-corrected chi connectivity index (χ0v) is 12.5. The number of nitrogens with two attached hydrogens (primary N) is 1. The number of halogens is 1. The van der Waals surface area contributed by atoms with Crippen LogP contribution < -0.4 is 5.73 Å². The van der Waals surface area contributed by atoms with Gasteiger partial charge >= 0.3 is 0 Å². The van der Waals surface area contributed by atoms with Gasteiger partial charge in [-0.05, 0) is 43.0 Å². The average Bonchev–Trinajstić information content (AvgIpc) is 2.39. The van der Waals surface area contributed by atoms with E-state index >= 15 is 0 Å². The zero-order valence-electron chi connectivity index (χ0n) is 10.9. The highest BCUT2D eigenvalue weighted by molar-refractivity contribution is 7.89. The molecule has 1 fully saturated rings. The molecule has 0 amide bonds. The lowest BCUT2D eigenvalue weighted by Crippen LogP contribution is -2.51. The maximum atomic E-state index is 12.6. The Hall–Kier alpha value is -0.620. The van der Waals surface area contributed by atoms with Crippen molar-refractivity contribution in [1.29, 1.82) is 0 Å².